The Morgan fingerprint density at radius 1 is 1.25 bits per heavy atom. The molecule has 44 heavy (non-hydrogen) atoms. The number of fused-ring (bicyclic) bond motifs is 1. The van der Waals surface area contributed by atoms with Crippen LogP contribution in [0.1, 0.15) is 56.3 Å². The van der Waals surface area contributed by atoms with E-state index in [1.54, 1.807) is 50.9 Å². The first-order chi connectivity index (χ1) is 20.9. The van der Waals surface area contributed by atoms with Crippen molar-refractivity contribution in [3.05, 3.63) is 63.0 Å². The number of hydrogen-bond donors (Lipinski definition) is 2. The fourth-order valence-electron chi connectivity index (χ4n) is 6.29. The van der Waals surface area contributed by atoms with Crippen molar-refractivity contribution in [3.63, 3.8) is 0 Å². The van der Waals surface area contributed by atoms with Crippen molar-refractivity contribution < 1.29 is 28.6 Å². The number of rotatable bonds is 10. The number of carboxylic acid groups (broad SMARTS) is 1. The number of aliphatic imine (C=N–C) groups is 1. The smallest absolute Gasteiger partial charge is 0.338 e. The van der Waals surface area contributed by atoms with E-state index in [2.05, 4.69) is 15.2 Å². The number of ether oxygens (including phenoxy) is 1. The zero-order valence-electron chi connectivity index (χ0n) is 25.7. The summed E-state index contributed by atoms with van der Waals surface area (Å²) in [5.41, 5.74) is 0.254. The third kappa shape index (κ3) is 5.82. The summed E-state index contributed by atoms with van der Waals surface area (Å²) in [6.45, 7) is 11.2. The van der Waals surface area contributed by atoms with Crippen molar-refractivity contribution in [1.82, 2.24) is 25.0 Å². The number of nitrogens with one attached hydrogen (secondary N) is 1. The van der Waals surface area contributed by atoms with Gasteiger partial charge in [-0.2, -0.15) is 0 Å². The first-order valence-electron chi connectivity index (χ1n) is 14.8. The number of amidine groups is 1. The molecule has 0 radical (unpaired) electrons. The Morgan fingerprint density at radius 3 is 2.68 bits per heavy atom. The van der Waals surface area contributed by atoms with E-state index in [0.29, 0.717) is 72.4 Å². The molecule has 2 amide bonds. The molecule has 2 atom stereocenters. The molecule has 2 fully saturated rings. The van der Waals surface area contributed by atoms with Gasteiger partial charge in [0.05, 0.1) is 23.1 Å². The first kappa shape index (κ1) is 31.6. The molecule has 236 valence electrons. The molecular formula is C31H39FN6O5S. The molecular weight excluding hydrogens is 587 g/mol. The van der Waals surface area contributed by atoms with Crippen LogP contribution in [0.5, 0.6) is 0 Å². The lowest BCUT2D eigenvalue weighted by atomic mass is 9.89. The molecule has 11 nitrogen and oxygen atoms in total. The highest BCUT2D eigenvalue weighted by Gasteiger charge is 2.52. The Kier molecular flexibility index (Phi) is 8.81. The highest BCUT2D eigenvalue weighted by molar-refractivity contribution is 7.11. The molecule has 3 aliphatic heterocycles. The largest absolute Gasteiger partial charge is 0.481 e. The number of halogens is 1. The number of nitrogens with zero attached hydrogens (tertiary/aromatic N) is 5. The van der Waals surface area contributed by atoms with Gasteiger partial charge >= 0.3 is 18.0 Å². The first-order valence-corrected chi connectivity index (χ1v) is 15.7. The molecule has 0 aliphatic carbocycles. The van der Waals surface area contributed by atoms with E-state index in [1.807, 2.05) is 17.2 Å². The molecule has 2 N–H and O–H groups in total. The number of piperazine rings is 1. The van der Waals surface area contributed by atoms with Crippen molar-refractivity contribution in [2.75, 3.05) is 45.9 Å². The van der Waals surface area contributed by atoms with Gasteiger partial charge in [0, 0.05) is 56.5 Å². The summed E-state index contributed by atoms with van der Waals surface area (Å²) in [4.78, 5) is 53.9. The summed E-state index contributed by atoms with van der Waals surface area (Å²) >= 11 is 1.40. The average molecular weight is 627 g/mol. The minimum Gasteiger partial charge on any atom is -0.481 e. The van der Waals surface area contributed by atoms with E-state index in [-0.39, 0.29) is 25.0 Å². The maximum atomic E-state index is 14.8. The van der Waals surface area contributed by atoms with Crippen molar-refractivity contribution in [2.24, 2.45) is 10.4 Å². The summed E-state index contributed by atoms with van der Waals surface area (Å²) in [5, 5.41) is 15.5. The zero-order valence-corrected chi connectivity index (χ0v) is 26.5. The predicted molar refractivity (Wildman–Crippen MR) is 164 cm³/mol. The van der Waals surface area contributed by atoms with Gasteiger partial charge < -0.3 is 25.0 Å². The monoisotopic (exact) mass is 626 g/mol. The van der Waals surface area contributed by atoms with E-state index >= 15 is 0 Å². The lowest BCUT2D eigenvalue weighted by molar-refractivity contribution is -0.147. The van der Waals surface area contributed by atoms with Crippen LogP contribution in [-0.2, 0) is 14.3 Å². The van der Waals surface area contributed by atoms with Gasteiger partial charge in [0.25, 0.3) is 0 Å². The number of hydrogen-bond acceptors (Lipinski definition) is 9. The number of aliphatic carboxylic acids is 1. The van der Waals surface area contributed by atoms with Crippen LogP contribution in [-0.4, -0.2) is 100 Å². The molecule has 4 heterocycles. The van der Waals surface area contributed by atoms with Crippen LogP contribution in [0.25, 0.3) is 0 Å². The van der Waals surface area contributed by atoms with E-state index < -0.39 is 28.9 Å². The second kappa shape index (κ2) is 12.3. The highest BCUT2D eigenvalue weighted by atomic mass is 32.1. The Bertz CT molecular complexity index is 1510. The van der Waals surface area contributed by atoms with Gasteiger partial charge in [0.1, 0.15) is 11.9 Å². The van der Waals surface area contributed by atoms with Gasteiger partial charge in [-0.15, -0.1) is 11.3 Å². The number of aromatic nitrogens is 1. The van der Waals surface area contributed by atoms with E-state index in [1.165, 1.54) is 17.4 Å². The Morgan fingerprint density at radius 2 is 2.02 bits per heavy atom. The number of thiazole rings is 1. The molecule has 0 saturated carbocycles. The third-order valence-corrected chi connectivity index (χ3v) is 9.56. The van der Waals surface area contributed by atoms with Gasteiger partial charge in [-0.05, 0) is 51.3 Å². The second-order valence-corrected chi connectivity index (χ2v) is 13.1. The topological polar surface area (TPSA) is 128 Å². The SMILES string of the molecule is CCOC(=O)C1=C(CN2CCN3C(=O)N(CC(C)(C)C(=O)O)C[C@]3(CC)C2)NC(c2nccs2)=N[C@H]1c1cccc(F)c1C. The van der Waals surface area contributed by atoms with Crippen molar-refractivity contribution in [3.8, 4) is 0 Å². The van der Waals surface area contributed by atoms with Crippen molar-refractivity contribution in [2.45, 2.75) is 52.6 Å². The average Bonchev–Trinajstić information content (AvgIpc) is 3.61. The van der Waals surface area contributed by atoms with E-state index in [9.17, 15) is 23.9 Å². The predicted octanol–water partition coefficient (Wildman–Crippen LogP) is 3.81. The number of carbonyl (C=O) groups excluding carboxylic acids is 2. The third-order valence-electron chi connectivity index (χ3n) is 8.78. The molecule has 1 aromatic carbocycles. The van der Waals surface area contributed by atoms with Crippen LogP contribution in [0, 0.1) is 18.2 Å². The molecule has 5 rings (SSSR count). The highest BCUT2D eigenvalue weighted by Crippen LogP contribution is 2.38. The number of carbonyl (C=O) groups is 3. The minimum absolute atomic E-state index is 0.113. The minimum atomic E-state index is -1.08. The van der Waals surface area contributed by atoms with Gasteiger partial charge in [0.2, 0.25) is 0 Å². The summed E-state index contributed by atoms with van der Waals surface area (Å²) < 4.78 is 20.3. The van der Waals surface area contributed by atoms with Crippen LogP contribution in [0.15, 0.2) is 46.0 Å². The standard InChI is InChI=1S/C31H39FN6O5S/c1-6-31-17-36(12-13-38(31)29(42)37(18-31)16-30(4,5)28(40)41)15-22-23(27(39)43-7-2)24(20-9-8-10-21(32)19(20)3)35-25(34-22)26-33-11-14-44-26/h8-11,14,24H,6-7,12-13,15-18H2,1-5H3,(H,34,35)(H,40,41)/t24-,31-/m0/s1. The quantitative estimate of drug-likeness (QED) is 0.381. The normalized spacial score (nSPS) is 22.5. The van der Waals surface area contributed by atoms with E-state index in [0.717, 1.165) is 0 Å². The lowest BCUT2D eigenvalue weighted by Crippen LogP contribution is -2.61. The Hall–Kier alpha value is -3.84. The summed E-state index contributed by atoms with van der Waals surface area (Å²) in [6.07, 6.45) is 2.35. The van der Waals surface area contributed by atoms with Crippen LogP contribution >= 0.6 is 11.3 Å². The van der Waals surface area contributed by atoms with Crippen molar-refractivity contribution >= 4 is 35.1 Å². The number of amides is 2. The maximum absolute atomic E-state index is 14.8. The fourth-order valence-corrected chi connectivity index (χ4v) is 6.88. The van der Waals surface area contributed by atoms with Gasteiger partial charge in [-0.25, -0.2) is 19.0 Å². The fraction of sp³-hybridized carbons (Fsp3) is 0.516. The molecule has 0 unspecified atom stereocenters. The van der Waals surface area contributed by atoms with Crippen LogP contribution < -0.4 is 5.32 Å². The molecule has 3 aliphatic rings. The van der Waals surface area contributed by atoms with Crippen LogP contribution in [0.2, 0.25) is 0 Å². The molecule has 0 bridgehead atoms. The van der Waals surface area contributed by atoms with Crippen molar-refractivity contribution in [1.29, 1.82) is 0 Å². The molecule has 13 heteroatoms. The summed E-state index contributed by atoms with van der Waals surface area (Å²) in [5.74, 6) is -1.39. The molecule has 2 saturated heterocycles. The van der Waals surface area contributed by atoms with E-state index in [4.69, 9.17) is 9.73 Å². The van der Waals surface area contributed by atoms with Gasteiger partial charge in [-0.3, -0.25) is 14.7 Å². The van der Waals surface area contributed by atoms with Gasteiger partial charge in [0.15, 0.2) is 10.8 Å². The second-order valence-electron chi connectivity index (χ2n) is 12.2. The van der Waals surface area contributed by atoms with Gasteiger partial charge in [-0.1, -0.05) is 19.1 Å². The Labute approximate surface area is 260 Å². The van der Waals surface area contributed by atoms with Crippen LogP contribution in [0.3, 0.4) is 0 Å². The maximum Gasteiger partial charge on any atom is 0.338 e. The Balaban J connectivity index is 1.50. The van der Waals surface area contributed by atoms with Crippen LogP contribution in [0.4, 0.5) is 9.18 Å². The lowest BCUT2D eigenvalue weighted by Gasteiger charge is -2.46. The molecule has 0 spiro atoms. The summed E-state index contributed by atoms with van der Waals surface area (Å²) in [7, 11) is 0. The zero-order chi connectivity index (χ0) is 31.8. The summed E-state index contributed by atoms with van der Waals surface area (Å²) in [6, 6.07) is 3.80. The number of benzene rings is 1. The number of urea groups is 1. The molecule has 1 aromatic heterocycles. The number of carboxylic acids is 1. The number of esters is 1. The molecule has 2 aromatic rings.